The first-order valence-electron chi connectivity index (χ1n) is 5.70. The standard InChI is InChI=1S/C13H11ClF3NO4/c1-21-11(19)6-10(12(20)22-2)18-7-3-4-9(14)8(5-7)13(15,16)17/h3-6,18H,1-2H3/b10-6-. The molecule has 120 valence electrons. The fourth-order valence-electron chi connectivity index (χ4n) is 1.41. The molecule has 22 heavy (non-hydrogen) atoms. The summed E-state index contributed by atoms with van der Waals surface area (Å²) in [5, 5.41) is 1.87. The van der Waals surface area contributed by atoms with E-state index in [-0.39, 0.29) is 11.4 Å². The van der Waals surface area contributed by atoms with Gasteiger partial charge < -0.3 is 14.8 Å². The Kier molecular flexibility index (Phi) is 5.81. The average molecular weight is 338 g/mol. The van der Waals surface area contributed by atoms with Crippen molar-refractivity contribution in [1.82, 2.24) is 0 Å². The van der Waals surface area contributed by atoms with Gasteiger partial charge in [-0.25, -0.2) is 9.59 Å². The number of hydrogen-bond donors (Lipinski definition) is 1. The second kappa shape index (κ2) is 7.17. The van der Waals surface area contributed by atoms with Crippen molar-refractivity contribution in [1.29, 1.82) is 0 Å². The molecule has 0 aliphatic rings. The highest BCUT2D eigenvalue weighted by Crippen LogP contribution is 2.36. The zero-order valence-corrected chi connectivity index (χ0v) is 12.2. The Labute approximate surface area is 128 Å². The van der Waals surface area contributed by atoms with E-state index in [9.17, 15) is 22.8 Å². The van der Waals surface area contributed by atoms with Crippen molar-refractivity contribution < 1.29 is 32.2 Å². The van der Waals surface area contributed by atoms with E-state index in [2.05, 4.69) is 14.8 Å². The van der Waals surface area contributed by atoms with Crippen LogP contribution in [-0.2, 0) is 25.2 Å². The summed E-state index contributed by atoms with van der Waals surface area (Å²) in [6.07, 6.45) is -3.90. The van der Waals surface area contributed by atoms with Gasteiger partial charge in [-0.15, -0.1) is 0 Å². The van der Waals surface area contributed by atoms with Crippen molar-refractivity contribution in [2.75, 3.05) is 19.5 Å². The molecule has 0 spiro atoms. The van der Waals surface area contributed by atoms with Gasteiger partial charge in [0.2, 0.25) is 0 Å². The van der Waals surface area contributed by atoms with Gasteiger partial charge in [0.25, 0.3) is 0 Å². The molecule has 1 rings (SSSR count). The molecule has 9 heteroatoms. The van der Waals surface area contributed by atoms with Gasteiger partial charge in [0.15, 0.2) is 0 Å². The summed E-state index contributed by atoms with van der Waals surface area (Å²) in [7, 11) is 2.13. The van der Waals surface area contributed by atoms with Crippen LogP contribution >= 0.6 is 11.6 Å². The summed E-state index contributed by atoms with van der Waals surface area (Å²) in [6, 6.07) is 2.93. The molecule has 0 saturated heterocycles. The SMILES string of the molecule is COC(=O)/C=C(\Nc1ccc(Cl)c(C(F)(F)F)c1)C(=O)OC. The van der Waals surface area contributed by atoms with Gasteiger partial charge >= 0.3 is 18.1 Å². The topological polar surface area (TPSA) is 64.6 Å². The molecule has 0 aliphatic heterocycles. The number of benzene rings is 1. The average Bonchev–Trinajstić information content (AvgIpc) is 2.46. The second-order valence-electron chi connectivity index (χ2n) is 3.89. The first kappa shape index (κ1) is 17.8. The van der Waals surface area contributed by atoms with E-state index in [0.717, 1.165) is 26.4 Å². The van der Waals surface area contributed by atoms with E-state index in [4.69, 9.17) is 11.6 Å². The van der Waals surface area contributed by atoms with Gasteiger partial charge in [-0.1, -0.05) is 11.6 Å². The van der Waals surface area contributed by atoms with Crippen molar-refractivity contribution in [2.24, 2.45) is 0 Å². The van der Waals surface area contributed by atoms with E-state index in [1.807, 2.05) is 0 Å². The van der Waals surface area contributed by atoms with Crippen LogP contribution in [0, 0.1) is 0 Å². The van der Waals surface area contributed by atoms with Gasteiger partial charge in [0.05, 0.1) is 30.9 Å². The Morgan fingerprint density at radius 3 is 2.36 bits per heavy atom. The number of ether oxygens (including phenoxy) is 2. The minimum atomic E-state index is -4.66. The lowest BCUT2D eigenvalue weighted by Gasteiger charge is -2.13. The summed E-state index contributed by atoms with van der Waals surface area (Å²) < 4.78 is 47.1. The molecule has 0 heterocycles. The monoisotopic (exact) mass is 337 g/mol. The largest absolute Gasteiger partial charge is 0.466 e. The van der Waals surface area contributed by atoms with E-state index < -0.39 is 28.7 Å². The van der Waals surface area contributed by atoms with Crippen molar-refractivity contribution in [2.45, 2.75) is 6.18 Å². The van der Waals surface area contributed by atoms with Crippen molar-refractivity contribution in [3.05, 3.63) is 40.6 Å². The van der Waals surface area contributed by atoms with Crippen LogP contribution in [0.1, 0.15) is 5.56 Å². The van der Waals surface area contributed by atoms with Gasteiger partial charge in [-0.05, 0) is 18.2 Å². The van der Waals surface area contributed by atoms with Gasteiger partial charge in [-0.2, -0.15) is 13.2 Å². The van der Waals surface area contributed by atoms with Gasteiger partial charge in [0, 0.05) is 5.69 Å². The molecular weight excluding hydrogens is 327 g/mol. The smallest absolute Gasteiger partial charge is 0.417 e. The summed E-state index contributed by atoms with van der Waals surface area (Å²) in [5.41, 5.74) is -1.57. The molecule has 0 aromatic heterocycles. The van der Waals surface area contributed by atoms with E-state index >= 15 is 0 Å². The number of nitrogens with one attached hydrogen (secondary N) is 1. The normalized spacial score (nSPS) is 11.8. The first-order chi connectivity index (χ1) is 10.2. The van der Waals surface area contributed by atoms with E-state index in [0.29, 0.717) is 6.07 Å². The third kappa shape index (κ3) is 4.66. The Balaban J connectivity index is 3.17. The molecule has 5 nitrogen and oxygen atoms in total. The maximum absolute atomic E-state index is 12.8. The highest BCUT2D eigenvalue weighted by Gasteiger charge is 2.33. The fourth-order valence-corrected chi connectivity index (χ4v) is 1.63. The van der Waals surface area contributed by atoms with Crippen molar-refractivity contribution in [3.63, 3.8) is 0 Å². The zero-order chi connectivity index (χ0) is 16.9. The molecule has 0 bridgehead atoms. The number of hydrogen-bond acceptors (Lipinski definition) is 5. The molecule has 1 aromatic carbocycles. The van der Waals surface area contributed by atoms with Crippen LogP contribution in [0.15, 0.2) is 30.0 Å². The van der Waals surface area contributed by atoms with Crippen LogP contribution in [-0.4, -0.2) is 26.2 Å². The van der Waals surface area contributed by atoms with Crippen molar-refractivity contribution in [3.8, 4) is 0 Å². The minimum Gasteiger partial charge on any atom is -0.466 e. The quantitative estimate of drug-likeness (QED) is 0.676. The number of alkyl halides is 3. The summed E-state index contributed by atoms with van der Waals surface area (Å²) in [6.45, 7) is 0. The van der Waals surface area contributed by atoms with Crippen LogP contribution in [0.2, 0.25) is 5.02 Å². The molecule has 1 aromatic rings. The highest BCUT2D eigenvalue weighted by molar-refractivity contribution is 6.31. The number of methoxy groups -OCH3 is 2. The van der Waals surface area contributed by atoms with Crippen LogP contribution in [0.5, 0.6) is 0 Å². The number of carbonyl (C=O) groups excluding carboxylic acids is 2. The maximum Gasteiger partial charge on any atom is 0.417 e. The predicted molar refractivity (Wildman–Crippen MR) is 72.2 cm³/mol. The summed E-state index contributed by atoms with van der Waals surface area (Å²) >= 11 is 5.49. The number of carbonyl (C=O) groups is 2. The molecular formula is C13H11ClF3NO4. The minimum absolute atomic E-state index is 0.0997. The second-order valence-corrected chi connectivity index (χ2v) is 4.30. The number of esters is 2. The molecule has 0 aliphatic carbocycles. The zero-order valence-electron chi connectivity index (χ0n) is 11.5. The van der Waals surface area contributed by atoms with Crippen molar-refractivity contribution >= 4 is 29.2 Å². The third-order valence-electron chi connectivity index (χ3n) is 2.42. The number of anilines is 1. The number of rotatable bonds is 4. The van der Waals surface area contributed by atoms with E-state index in [1.54, 1.807) is 0 Å². The Morgan fingerprint density at radius 2 is 1.86 bits per heavy atom. The van der Waals surface area contributed by atoms with Crippen LogP contribution in [0.3, 0.4) is 0 Å². The molecule has 0 fully saturated rings. The molecule has 1 N–H and O–H groups in total. The maximum atomic E-state index is 12.8. The lowest BCUT2D eigenvalue weighted by atomic mass is 10.2. The van der Waals surface area contributed by atoms with Crippen LogP contribution in [0.25, 0.3) is 0 Å². The predicted octanol–water partition coefficient (Wildman–Crippen LogP) is 3.00. The van der Waals surface area contributed by atoms with Gasteiger partial charge in [-0.3, -0.25) is 0 Å². The Bertz CT molecular complexity index is 614. The summed E-state index contributed by atoms with van der Waals surface area (Å²) in [4.78, 5) is 22.7. The van der Waals surface area contributed by atoms with Crippen LogP contribution < -0.4 is 5.32 Å². The fraction of sp³-hybridized carbons (Fsp3) is 0.231. The Morgan fingerprint density at radius 1 is 1.23 bits per heavy atom. The lowest BCUT2D eigenvalue weighted by Crippen LogP contribution is -2.16. The molecule has 0 amide bonds. The molecule has 0 unspecified atom stereocenters. The van der Waals surface area contributed by atoms with Crippen LogP contribution in [0.4, 0.5) is 18.9 Å². The number of halogens is 4. The summed E-state index contributed by atoms with van der Waals surface area (Å²) in [5.74, 6) is -1.83. The Hall–Kier alpha value is -2.22. The first-order valence-corrected chi connectivity index (χ1v) is 6.08. The highest BCUT2D eigenvalue weighted by atomic mass is 35.5. The van der Waals surface area contributed by atoms with E-state index in [1.165, 1.54) is 6.07 Å². The third-order valence-corrected chi connectivity index (χ3v) is 2.75. The molecule has 0 atom stereocenters. The lowest BCUT2D eigenvalue weighted by molar-refractivity contribution is -0.138. The molecule has 0 saturated carbocycles. The molecule has 0 radical (unpaired) electrons. The van der Waals surface area contributed by atoms with Gasteiger partial charge in [0.1, 0.15) is 5.70 Å².